The van der Waals surface area contributed by atoms with Crippen LogP contribution in [0, 0.1) is 0 Å². The fraction of sp³-hybridized carbons (Fsp3) is 0.409. The molecule has 4 nitrogen and oxygen atoms in total. The van der Waals surface area contributed by atoms with E-state index in [2.05, 4.69) is 35.8 Å². The van der Waals surface area contributed by atoms with Crippen LogP contribution < -0.4 is 15.4 Å². The van der Waals surface area contributed by atoms with Gasteiger partial charge in [-0.25, -0.2) is 0 Å². The Balaban J connectivity index is 1.46. The Bertz CT molecular complexity index is 740. The lowest BCUT2D eigenvalue weighted by Gasteiger charge is -2.20. The monoisotopic (exact) mass is 352 g/mol. The van der Waals surface area contributed by atoms with Gasteiger partial charge in [0.05, 0.1) is 13.7 Å². The van der Waals surface area contributed by atoms with Crippen molar-refractivity contribution >= 4 is 5.91 Å². The maximum atomic E-state index is 12.1. The van der Waals surface area contributed by atoms with Crippen molar-refractivity contribution in [3.8, 4) is 5.75 Å². The van der Waals surface area contributed by atoms with E-state index in [1.807, 2.05) is 24.3 Å². The van der Waals surface area contributed by atoms with Crippen LogP contribution in [-0.4, -0.2) is 19.6 Å². The first-order valence-electron chi connectivity index (χ1n) is 9.40. The molecule has 1 aliphatic rings. The number of methoxy groups -OCH3 is 1. The number of carbonyl (C=O) groups is 1. The van der Waals surface area contributed by atoms with Gasteiger partial charge in [-0.2, -0.15) is 0 Å². The van der Waals surface area contributed by atoms with Gasteiger partial charge in [0, 0.05) is 12.6 Å². The second-order valence-corrected chi connectivity index (χ2v) is 6.96. The number of nitrogens with one attached hydrogen (secondary N) is 2. The molecule has 0 heterocycles. The lowest BCUT2D eigenvalue weighted by Crippen LogP contribution is -2.34. The highest BCUT2D eigenvalue weighted by molar-refractivity contribution is 5.78. The van der Waals surface area contributed by atoms with Gasteiger partial charge in [0.25, 0.3) is 0 Å². The first kappa shape index (κ1) is 18.5. The Morgan fingerprint density at radius 3 is 2.54 bits per heavy atom. The van der Waals surface area contributed by atoms with Crippen molar-refractivity contribution in [1.82, 2.24) is 10.6 Å². The number of ether oxygens (including phenoxy) is 1. The Labute approximate surface area is 156 Å². The van der Waals surface area contributed by atoms with Crippen molar-refractivity contribution in [2.24, 2.45) is 0 Å². The van der Waals surface area contributed by atoms with E-state index in [0.717, 1.165) is 11.3 Å². The minimum atomic E-state index is 0.00521. The summed E-state index contributed by atoms with van der Waals surface area (Å²) in [5, 5.41) is 6.28. The standard InChI is InChI=1S/C22H28N2O2/c1-16(19-10-9-18-5-3-4-6-20(18)13-19)23-15-22(25)24-14-17-7-11-21(26-2)12-8-17/h7-13,16,23H,3-6,14-15H2,1-2H3,(H,24,25)/t16-/m0/s1. The molecule has 3 rings (SSSR count). The molecule has 0 fully saturated rings. The summed E-state index contributed by atoms with van der Waals surface area (Å²) in [6.07, 6.45) is 4.96. The summed E-state index contributed by atoms with van der Waals surface area (Å²) in [5.41, 5.74) is 5.28. The number of hydrogen-bond donors (Lipinski definition) is 2. The molecule has 1 aliphatic carbocycles. The highest BCUT2D eigenvalue weighted by Gasteiger charge is 2.13. The van der Waals surface area contributed by atoms with Gasteiger partial charge in [-0.05, 0) is 67.0 Å². The predicted octanol–water partition coefficient (Wildman–Crippen LogP) is 3.54. The lowest BCUT2D eigenvalue weighted by atomic mass is 9.89. The molecule has 0 spiro atoms. The lowest BCUT2D eigenvalue weighted by molar-refractivity contribution is -0.120. The van der Waals surface area contributed by atoms with Gasteiger partial charge < -0.3 is 15.4 Å². The van der Waals surface area contributed by atoms with Crippen molar-refractivity contribution in [2.75, 3.05) is 13.7 Å². The minimum absolute atomic E-state index is 0.00521. The highest BCUT2D eigenvalue weighted by Crippen LogP contribution is 2.24. The first-order valence-corrected chi connectivity index (χ1v) is 9.40. The molecule has 0 saturated heterocycles. The molecule has 0 radical (unpaired) electrons. The maximum Gasteiger partial charge on any atom is 0.234 e. The molecule has 0 unspecified atom stereocenters. The number of hydrogen-bond acceptors (Lipinski definition) is 3. The van der Waals surface area contributed by atoms with Crippen molar-refractivity contribution in [1.29, 1.82) is 0 Å². The molecule has 1 amide bonds. The molecule has 0 saturated carbocycles. The third-order valence-corrected chi connectivity index (χ3v) is 5.09. The van der Waals surface area contributed by atoms with E-state index in [0.29, 0.717) is 13.1 Å². The molecule has 0 aromatic heterocycles. The quantitative estimate of drug-likeness (QED) is 0.801. The number of amides is 1. The van der Waals surface area contributed by atoms with Crippen LogP contribution in [0.5, 0.6) is 5.75 Å². The zero-order valence-electron chi connectivity index (χ0n) is 15.7. The van der Waals surface area contributed by atoms with Crippen LogP contribution in [0.1, 0.15) is 48.1 Å². The second-order valence-electron chi connectivity index (χ2n) is 6.96. The average Bonchev–Trinajstić information content (AvgIpc) is 2.70. The van der Waals surface area contributed by atoms with Crippen LogP contribution in [-0.2, 0) is 24.2 Å². The Kier molecular flexibility index (Phi) is 6.29. The third-order valence-electron chi connectivity index (χ3n) is 5.09. The van der Waals surface area contributed by atoms with Gasteiger partial charge in [0.1, 0.15) is 5.75 Å². The summed E-state index contributed by atoms with van der Waals surface area (Å²) in [4.78, 5) is 12.1. The average molecular weight is 352 g/mol. The molecule has 4 heteroatoms. The number of benzene rings is 2. The first-order chi connectivity index (χ1) is 12.7. The van der Waals surface area contributed by atoms with E-state index in [1.54, 1.807) is 7.11 Å². The molecular formula is C22H28N2O2. The van der Waals surface area contributed by atoms with Crippen LogP contribution in [0.2, 0.25) is 0 Å². The minimum Gasteiger partial charge on any atom is -0.497 e. The Morgan fingerprint density at radius 1 is 1.08 bits per heavy atom. The Morgan fingerprint density at radius 2 is 1.81 bits per heavy atom. The van der Waals surface area contributed by atoms with Gasteiger partial charge in [0.15, 0.2) is 0 Å². The van der Waals surface area contributed by atoms with E-state index in [1.165, 1.54) is 42.4 Å². The zero-order chi connectivity index (χ0) is 18.4. The molecule has 26 heavy (non-hydrogen) atoms. The summed E-state index contributed by atoms with van der Waals surface area (Å²) in [6, 6.07) is 14.6. The van der Waals surface area contributed by atoms with E-state index in [4.69, 9.17) is 4.74 Å². The molecule has 0 aliphatic heterocycles. The molecule has 2 aromatic carbocycles. The van der Waals surface area contributed by atoms with Gasteiger partial charge in [-0.15, -0.1) is 0 Å². The molecular weight excluding hydrogens is 324 g/mol. The van der Waals surface area contributed by atoms with Gasteiger partial charge in [-0.3, -0.25) is 4.79 Å². The summed E-state index contributed by atoms with van der Waals surface area (Å²) in [7, 11) is 1.65. The summed E-state index contributed by atoms with van der Waals surface area (Å²) >= 11 is 0. The SMILES string of the molecule is COc1ccc(CNC(=O)CN[C@@H](C)c2ccc3c(c2)CCCC3)cc1. The van der Waals surface area contributed by atoms with Gasteiger partial charge in [0.2, 0.25) is 5.91 Å². The molecule has 2 aromatic rings. The van der Waals surface area contributed by atoms with Crippen LogP contribution >= 0.6 is 0 Å². The molecule has 1 atom stereocenters. The van der Waals surface area contributed by atoms with Crippen LogP contribution in [0.3, 0.4) is 0 Å². The topological polar surface area (TPSA) is 50.4 Å². The van der Waals surface area contributed by atoms with Crippen molar-refractivity contribution in [3.05, 3.63) is 64.7 Å². The zero-order valence-corrected chi connectivity index (χ0v) is 15.7. The maximum absolute atomic E-state index is 12.1. The van der Waals surface area contributed by atoms with E-state index in [9.17, 15) is 4.79 Å². The number of aryl methyl sites for hydroxylation is 2. The second kappa shape index (κ2) is 8.86. The van der Waals surface area contributed by atoms with Crippen molar-refractivity contribution < 1.29 is 9.53 Å². The summed E-state index contributed by atoms with van der Waals surface area (Å²) in [5.74, 6) is 0.825. The third kappa shape index (κ3) is 4.85. The normalized spacial score (nSPS) is 14.4. The van der Waals surface area contributed by atoms with Gasteiger partial charge >= 0.3 is 0 Å². The fourth-order valence-electron chi connectivity index (χ4n) is 3.39. The Hall–Kier alpha value is -2.33. The van der Waals surface area contributed by atoms with Crippen LogP contribution in [0.4, 0.5) is 0 Å². The summed E-state index contributed by atoms with van der Waals surface area (Å²) < 4.78 is 5.14. The number of rotatable bonds is 7. The summed E-state index contributed by atoms with van der Waals surface area (Å²) in [6.45, 7) is 2.95. The van der Waals surface area contributed by atoms with Gasteiger partial charge in [-0.1, -0.05) is 30.3 Å². The number of fused-ring (bicyclic) bond motifs is 1. The molecule has 138 valence electrons. The fourth-order valence-corrected chi connectivity index (χ4v) is 3.39. The van der Waals surface area contributed by atoms with Crippen LogP contribution in [0.25, 0.3) is 0 Å². The highest BCUT2D eigenvalue weighted by atomic mass is 16.5. The van der Waals surface area contributed by atoms with Crippen molar-refractivity contribution in [2.45, 2.75) is 45.2 Å². The number of carbonyl (C=O) groups excluding carboxylic acids is 1. The van der Waals surface area contributed by atoms with E-state index >= 15 is 0 Å². The van der Waals surface area contributed by atoms with Crippen molar-refractivity contribution in [3.63, 3.8) is 0 Å². The molecule has 0 bridgehead atoms. The molecule has 2 N–H and O–H groups in total. The predicted molar refractivity (Wildman–Crippen MR) is 104 cm³/mol. The van der Waals surface area contributed by atoms with Crippen LogP contribution in [0.15, 0.2) is 42.5 Å². The smallest absolute Gasteiger partial charge is 0.234 e. The van der Waals surface area contributed by atoms with E-state index in [-0.39, 0.29) is 11.9 Å². The largest absolute Gasteiger partial charge is 0.497 e. The van der Waals surface area contributed by atoms with E-state index < -0.39 is 0 Å².